The van der Waals surface area contributed by atoms with Crippen molar-refractivity contribution in [3.05, 3.63) is 90.1 Å². The molecule has 1 fully saturated rings. The zero-order chi connectivity index (χ0) is 43.9. The van der Waals surface area contributed by atoms with Crippen molar-refractivity contribution in [3.63, 3.8) is 0 Å². The topological polar surface area (TPSA) is 353 Å². The molecule has 0 atom stereocenters. The summed E-state index contributed by atoms with van der Waals surface area (Å²) in [5, 5.41) is 30.2. The molecule has 0 bridgehead atoms. The predicted octanol–water partition coefficient (Wildman–Crippen LogP) is -7.33. The molecule has 6 aromatic rings. The van der Waals surface area contributed by atoms with Crippen LogP contribution in [-0.4, -0.2) is 106 Å². The Morgan fingerprint density at radius 3 is 2.11 bits per heavy atom. The average Bonchev–Trinajstić information content (AvgIpc) is 3.19. The zero-order valence-electron chi connectivity index (χ0n) is 33.9. The number of hydrogen-bond acceptors (Lipinski definition) is 19. The van der Waals surface area contributed by atoms with Crippen LogP contribution in [-0.2, 0) is 44.9 Å². The van der Waals surface area contributed by atoms with Crippen molar-refractivity contribution in [1.29, 1.82) is 0 Å². The molecular weight excluding hydrogens is 954 g/mol. The van der Waals surface area contributed by atoms with Gasteiger partial charge in [0, 0.05) is 23.9 Å². The number of sulfone groups is 1. The van der Waals surface area contributed by atoms with Crippen LogP contribution in [0.2, 0.25) is 0 Å². The molecule has 22 nitrogen and oxygen atoms in total. The second kappa shape index (κ2) is 21.3. The number of H-pyrrole nitrogens is 2. The molecule has 1 saturated heterocycles. The largest absolute Gasteiger partial charge is 1.00 e. The smallest absolute Gasteiger partial charge is 0.870 e. The number of morpholine rings is 1. The molecule has 1 aliphatic heterocycles. The first kappa shape index (κ1) is 53.6. The van der Waals surface area contributed by atoms with Crippen molar-refractivity contribution in [2.24, 2.45) is 20.2 Å². The second-order valence-electron chi connectivity index (χ2n) is 13.0. The van der Waals surface area contributed by atoms with Crippen molar-refractivity contribution in [2.75, 3.05) is 43.6 Å². The summed E-state index contributed by atoms with van der Waals surface area (Å²) in [6.07, 6.45) is 0. The summed E-state index contributed by atoms with van der Waals surface area (Å²) in [7, 11) is -19.9. The van der Waals surface area contributed by atoms with Gasteiger partial charge in [-0.25, -0.2) is 35.2 Å². The normalized spacial score (nSPS) is 14.3. The zero-order valence-corrected chi connectivity index (χ0v) is 43.1. The van der Waals surface area contributed by atoms with Gasteiger partial charge in [0.2, 0.25) is 17.2 Å². The van der Waals surface area contributed by atoms with Crippen LogP contribution in [0.25, 0.3) is 21.5 Å². The van der Waals surface area contributed by atoms with E-state index in [0.717, 1.165) is 6.07 Å². The Morgan fingerprint density at radius 2 is 1.45 bits per heavy atom. The van der Waals surface area contributed by atoms with E-state index in [-0.39, 0.29) is 135 Å². The SMILES string of the molecule is O=S(=O)([O-])c1cc(N=c2[nH]c(N3CCOCC3)nc(=Nc3cccc(S(=O)(=O)CCO)c3)[nH]2)c2c([O-])c(N=Nc3ccc4ccccc4c3S(=O)(=O)O)c(S(=O)(=O)[O-])cc2c1.[Na+].[Na+].[Na+]. The molecule has 29 heteroatoms. The summed E-state index contributed by atoms with van der Waals surface area (Å²) in [4.78, 5) is 17.3. The monoisotopic (exact) mass is 982 g/mol. The van der Waals surface area contributed by atoms with Crippen LogP contribution in [0.4, 0.5) is 28.7 Å². The molecule has 4 N–H and O–H groups in total. The summed E-state index contributed by atoms with van der Waals surface area (Å²) in [6, 6.07) is 15.7. The molecule has 0 saturated carbocycles. The van der Waals surface area contributed by atoms with Gasteiger partial charge in [0.1, 0.15) is 30.8 Å². The third kappa shape index (κ3) is 12.1. The van der Waals surface area contributed by atoms with Crippen LogP contribution < -0.4 is 110 Å². The van der Waals surface area contributed by atoms with E-state index in [1.165, 1.54) is 48.5 Å². The van der Waals surface area contributed by atoms with Crippen LogP contribution in [0.5, 0.6) is 5.75 Å². The molecule has 320 valence electrons. The van der Waals surface area contributed by atoms with Crippen LogP contribution in [0.15, 0.2) is 119 Å². The standard InChI is InChI=1S/C35H32N8O14S4.3Na/c44-12-15-58(46,47)23-6-3-5-22(18-23)36-33-38-34(40-35(39-33)43-10-13-57-14-11-43)37-27-19-24(59(48,49)50)16-21-17-28(60(51,52)53)30(31(45)29(21)27)42-41-26-9-8-20-4-1-2-7-25(20)32(26)61(54,55)56;;;/h1-9,16-19,44-45H,10-15H2,(H,48,49,50)(H,51,52,53)(H,54,55,56)(H2,36,37,38,39,40);;;/q;3*+1/p-3. The number of benzene rings is 5. The number of hydrogen-bond donors (Lipinski definition) is 4. The molecule has 0 radical (unpaired) electrons. The Bertz CT molecular complexity index is 3400. The number of fused-ring (bicyclic) bond motifs is 2. The van der Waals surface area contributed by atoms with Gasteiger partial charge < -0.3 is 29.0 Å². The van der Waals surface area contributed by atoms with E-state index in [0.29, 0.717) is 36.7 Å². The first-order chi connectivity index (χ1) is 28.7. The Balaban J connectivity index is 0.00000299. The minimum atomic E-state index is -5.64. The number of aromatic nitrogens is 3. The first-order valence-electron chi connectivity index (χ1n) is 17.4. The number of aliphatic hydroxyl groups excluding tert-OH is 1. The number of aromatic amines is 2. The molecule has 1 aromatic heterocycles. The van der Waals surface area contributed by atoms with Crippen molar-refractivity contribution in [2.45, 2.75) is 19.6 Å². The van der Waals surface area contributed by atoms with Gasteiger partial charge in [-0.15, -0.1) is 10.2 Å². The number of nitrogens with one attached hydrogen (secondary N) is 2. The number of azo groups is 1. The van der Waals surface area contributed by atoms with E-state index in [4.69, 9.17) is 4.74 Å². The quantitative estimate of drug-likeness (QED) is 0.0532. The molecule has 7 rings (SSSR count). The molecule has 0 spiro atoms. The van der Waals surface area contributed by atoms with E-state index >= 15 is 0 Å². The van der Waals surface area contributed by atoms with Gasteiger partial charge in [0.25, 0.3) is 10.1 Å². The van der Waals surface area contributed by atoms with Gasteiger partial charge in [-0.05, 0) is 53.2 Å². The van der Waals surface area contributed by atoms with Crippen LogP contribution in [0.1, 0.15) is 0 Å². The first-order valence-corrected chi connectivity index (χ1v) is 23.3. The second-order valence-corrected chi connectivity index (χ2v) is 19.2. The van der Waals surface area contributed by atoms with Crippen LogP contribution in [0.3, 0.4) is 0 Å². The fourth-order valence-corrected chi connectivity index (χ4v) is 9.35. The van der Waals surface area contributed by atoms with Crippen LogP contribution >= 0.6 is 0 Å². The maximum atomic E-state index is 14.3. The van der Waals surface area contributed by atoms with Gasteiger partial charge in [-0.2, -0.15) is 13.4 Å². The van der Waals surface area contributed by atoms with Gasteiger partial charge >= 0.3 is 88.7 Å². The fourth-order valence-electron chi connectivity index (χ4n) is 6.29. The summed E-state index contributed by atoms with van der Waals surface area (Å²) >= 11 is 0. The van der Waals surface area contributed by atoms with Gasteiger partial charge in [0.05, 0.1) is 57.3 Å². The van der Waals surface area contributed by atoms with E-state index in [9.17, 15) is 57.5 Å². The minimum Gasteiger partial charge on any atom is -0.870 e. The summed E-state index contributed by atoms with van der Waals surface area (Å²) in [6.45, 7) is 0.525. The molecule has 64 heavy (non-hydrogen) atoms. The number of ether oxygens (including phenoxy) is 1. The molecular formula is C35H29N8Na3O14S4. The van der Waals surface area contributed by atoms with Crippen molar-refractivity contribution < 1.29 is 151 Å². The van der Waals surface area contributed by atoms with Crippen molar-refractivity contribution in [1.82, 2.24) is 15.0 Å². The molecule has 2 heterocycles. The summed E-state index contributed by atoms with van der Waals surface area (Å²) < 4.78 is 141. The summed E-state index contributed by atoms with van der Waals surface area (Å²) in [5.74, 6) is -1.84. The molecule has 0 aliphatic carbocycles. The maximum Gasteiger partial charge on any atom is 1.00 e. The Hall–Kier alpha value is -2.97. The Labute approximate surface area is 430 Å². The Morgan fingerprint density at radius 1 is 0.750 bits per heavy atom. The van der Waals surface area contributed by atoms with Crippen molar-refractivity contribution in [3.8, 4) is 5.75 Å². The number of anilines is 1. The molecule has 5 aromatic carbocycles. The molecule has 1 aliphatic rings. The van der Waals surface area contributed by atoms with E-state index in [2.05, 4.69) is 35.2 Å². The van der Waals surface area contributed by atoms with Gasteiger partial charge in [-0.1, -0.05) is 42.1 Å². The third-order valence-electron chi connectivity index (χ3n) is 9.00. The Kier molecular flexibility index (Phi) is 17.9. The van der Waals surface area contributed by atoms with E-state index in [1.807, 2.05) is 0 Å². The van der Waals surface area contributed by atoms with Crippen molar-refractivity contribution >= 4 is 90.4 Å². The fraction of sp³-hybridized carbons (Fsp3) is 0.171. The van der Waals surface area contributed by atoms with E-state index < -0.39 is 101 Å². The van der Waals surface area contributed by atoms with Crippen LogP contribution in [0, 0.1) is 0 Å². The molecule has 0 amide bonds. The van der Waals surface area contributed by atoms with Gasteiger partial charge in [-0.3, -0.25) is 14.5 Å². The number of aliphatic hydroxyl groups is 1. The third-order valence-corrected chi connectivity index (χ3v) is 13.3. The predicted molar refractivity (Wildman–Crippen MR) is 209 cm³/mol. The maximum absolute atomic E-state index is 14.3. The average molecular weight is 983 g/mol. The van der Waals surface area contributed by atoms with Gasteiger partial charge in [0.15, 0.2) is 9.84 Å². The van der Waals surface area contributed by atoms with E-state index in [1.54, 1.807) is 11.0 Å². The molecule has 0 unspecified atom stereocenters. The summed E-state index contributed by atoms with van der Waals surface area (Å²) in [5.41, 5.74) is -2.76. The number of nitrogens with zero attached hydrogens (tertiary/aromatic N) is 6. The minimum absolute atomic E-state index is 0. The number of rotatable bonds is 11.